The van der Waals surface area contributed by atoms with Crippen LogP contribution in [0.1, 0.15) is 24.2 Å². The zero-order valence-corrected chi connectivity index (χ0v) is 13.4. The molecule has 0 heterocycles. The van der Waals surface area contributed by atoms with Crippen LogP contribution in [0.2, 0.25) is 0 Å². The van der Waals surface area contributed by atoms with E-state index in [0.717, 1.165) is 6.08 Å². The Balaban J connectivity index is 2.63. The highest BCUT2D eigenvalue weighted by Crippen LogP contribution is 2.32. The van der Waals surface area contributed by atoms with Gasteiger partial charge < -0.3 is 9.84 Å². The molecule has 0 aromatic heterocycles. The van der Waals surface area contributed by atoms with Gasteiger partial charge in [0.2, 0.25) is 5.82 Å². The fraction of sp³-hybridized carbons (Fsp3) is 0.167. The van der Waals surface area contributed by atoms with Crippen molar-refractivity contribution in [2.75, 3.05) is 6.61 Å². The van der Waals surface area contributed by atoms with Crippen LogP contribution in [0, 0.1) is 29.1 Å². The molecule has 0 fully saturated rings. The third-order valence-electron chi connectivity index (χ3n) is 3.44. The SMILES string of the molecule is CCOC(=O)/C(=C\c1ccccc1)C(O)c1c(F)c(F)c(F)c(F)c1F. The molecule has 2 rings (SSSR count). The molecule has 2 aromatic carbocycles. The van der Waals surface area contributed by atoms with Crippen molar-refractivity contribution in [1.82, 2.24) is 0 Å². The lowest BCUT2D eigenvalue weighted by molar-refractivity contribution is -0.139. The van der Waals surface area contributed by atoms with Gasteiger partial charge in [0.05, 0.1) is 17.7 Å². The Labute approximate surface area is 145 Å². The number of aliphatic hydroxyl groups is 1. The molecule has 0 saturated carbocycles. The van der Waals surface area contributed by atoms with Crippen LogP contribution in [0.25, 0.3) is 6.08 Å². The topological polar surface area (TPSA) is 46.5 Å². The third kappa shape index (κ3) is 3.75. The number of benzene rings is 2. The number of hydrogen-bond donors (Lipinski definition) is 1. The highest BCUT2D eigenvalue weighted by molar-refractivity contribution is 5.95. The van der Waals surface area contributed by atoms with Crippen molar-refractivity contribution in [2.45, 2.75) is 13.0 Å². The van der Waals surface area contributed by atoms with Gasteiger partial charge in [0, 0.05) is 0 Å². The average molecular weight is 372 g/mol. The maximum Gasteiger partial charge on any atom is 0.337 e. The van der Waals surface area contributed by atoms with Gasteiger partial charge in [-0.05, 0) is 18.6 Å². The van der Waals surface area contributed by atoms with Crippen molar-refractivity contribution in [3.8, 4) is 0 Å². The summed E-state index contributed by atoms with van der Waals surface area (Å²) in [6, 6.07) is 7.83. The maximum absolute atomic E-state index is 13.9. The van der Waals surface area contributed by atoms with Crippen LogP contribution in [0.3, 0.4) is 0 Å². The quantitative estimate of drug-likeness (QED) is 0.283. The van der Waals surface area contributed by atoms with E-state index in [1.165, 1.54) is 19.1 Å². The predicted octanol–water partition coefficient (Wildman–Crippen LogP) is 4.06. The van der Waals surface area contributed by atoms with E-state index in [2.05, 4.69) is 0 Å². The molecule has 0 aliphatic heterocycles. The normalized spacial score (nSPS) is 12.8. The molecule has 3 nitrogen and oxygen atoms in total. The maximum atomic E-state index is 13.9. The number of ether oxygens (including phenoxy) is 1. The van der Waals surface area contributed by atoms with E-state index < -0.39 is 52.3 Å². The second-order valence-corrected chi connectivity index (χ2v) is 5.12. The van der Waals surface area contributed by atoms with Gasteiger partial charge in [0.1, 0.15) is 6.10 Å². The number of carbonyl (C=O) groups excluding carboxylic acids is 1. The van der Waals surface area contributed by atoms with Crippen molar-refractivity contribution in [2.24, 2.45) is 0 Å². The Morgan fingerprint density at radius 2 is 1.50 bits per heavy atom. The van der Waals surface area contributed by atoms with Gasteiger partial charge in [0.15, 0.2) is 23.3 Å². The molecule has 0 amide bonds. The fourth-order valence-electron chi connectivity index (χ4n) is 2.21. The molecule has 2 aromatic rings. The minimum Gasteiger partial charge on any atom is -0.463 e. The summed E-state index contributed by atoms with van der Waals surface area (Å²) in [5, 5.41) is 10.2. The number of aliphatic hydroxyl groups excluding tert-OH is 1. The summed E-state index contributed by atoms with van der Waals surface area (Å²) in [7, 11) is 0. The van der Waals surface area contributed by atoms with Gasteiger partial charge in [0.25, 0.3) is 0 Å². The number of esters is 1. The number of halogens is 5. The van der Waals surface area contributed by atoms with Crippen LogP contribution >= 0.6 is 0 Å². The van der Waals surface area contributed by atoms with Crippen LogP contribution in [-0.2, 0) is 9.53 Å². The second kappa shape index (κ2) is 8.09. The summed E-state index contributed by atoms with van der Waals surface area (Å²) in [5.41, 5.74) is -1.86. The van der Waals surface area contributed by atoms with E-state index in [0.29, 0.717) is 5.56 Å². The molecule has 26 heavy (non-hydrogen) atoms. The zero-order valence-electron chi connectivity index (χ0n) is 13.4. The molecule has 1 atom stereocenters. The molecule has 138 valence electrons. The zero-order chi connectivity index (χ0) is 19.4. The molecule has 1 N–H and O–H groups in total. The second-order valence-electron chi connectivity index (χ2n) is 5.12. The van der Waals surface area contributed by atoms with Crippen LogP contribution in [0.4, 0.5) is 22.0 Å². The minimum atomic E-state index is -2.43. The summed E-state index contributed by atoms with van der Waals surface area (Å²) in [6.07, 6.45) is -1.39. The first-order chi connectivity index (χ1) is 12.3. The van der Waals surface area contributed by atoms with E-state index in [9.17, 15) is 31.9 Å². The molecular weight excluding hydrogens is 359 g/mol. The molecule has 0 spiro atoms. The summed E-state index contributed by atoms with van der Waals surface area (Å²) in [4.78, 5) is 12.1. The molecule has 0 radical (unpaired) electrons. The van der Waals surface area contributed by atoms with Crippen molar-refractivity contribution in [3.05, 3.63) is 76.1 Å². The van der Waals surface area contributed by atoms with E-state index in [-0.39, 0.29) is 6.61 Å². The Kier molecular flexibility index (Phi) is 6.10. The lowest BCUT2D eigenvalue weighted by Gasteiger charge is -2.17. The molecule has 8 heteroatoms. The molecule has 1 unspecified atom stereocenters. The van der Waals surface area contributed by atoms with Crippen molar-refractivity contribution >= 4 is 12.0 Å². The number of rotatable bonds is 5. The van der Waals surface area contributed by atoms with E-state index in [4.69, 9.17) is 4.74 Å². The van der Waals surface area contributed by atoms with Crippen LogP contribution in [0.15, 0.2) is 35.9 Å². The van der Waals surface area contributed by atoms with Crippen molar-refractivity contribution < 1.29 is 36.6 Å². The molecular formula is C18H13F5O3. The van der Waals surface area contributed by atoms with Crippen LogP contribution < -0.4 is 0 Å². The standard InChI is InChI=1S/C18H13F5O3/c1-2-26-18(25)10(8-9-6-4-3-5-7-9)17(24)11-12(19)14(21)16(23)15(22)13(11)20/h3-8,17,24H,2H2,1H3/b10-8-. The Morgan fingerprint density at radius 1 is 1.00 bits per heavy atom. The molecule has 0 bridgehead atoms. The van der Waals surface area contributed by atoms with Crippen LogP contribution in [0.5, 0.6) is 0 Å². The van der Waals surface area contributed by atoms with Crippen molar-refractivity contribution in [3.63, 3.8) is 0 Å². The summed E-state index contributed by atoms with van der Waals surface area (Å²) in [6.45, 7) is 1.32. The average Bonchev–Trinajstić information content (AvgIpc) is 2.64. The van der Waals surface area contributed by atoms with E-state index in [1.54, 1.807) is 18.2 Å². The lowest BCUT2D eigenvalue weighted by atomic mass is 9.97. The smallest absolute Gasteiger partial charge is 0.337 e. The van der Waals surface area contributed by atoms with Gasteiger partial charge in [-0.2, -0.15) is 0 Å². The van der Waals surface area contributed by atoms with Crippen molar-refractivity contribution in [1.29, 1.82) is 0 Å². The van der Waals surface area contributed by atoms with Gasteiger partial charge >= 0.3 is 5.97 Å². The summed E-state index contributed by atoms with van der Waals surface area (Å²) < 4.78 is 72.6. The first-order valence-electron chi connectivity index (χ1n) is 7.42. The van der Waals surface area contributed by atoms with Gasteiger partial charge in [-0.1, -0.05) is 30.3 Å². The Bertz CT molecular complexity index is 821. The molecule has 0 aliphatic rings. The minimum absolute atomic E-state index is 0.130. The third-order valence-corrected chi connectivity index (χ3v) is 3.44. The van der Waals surface area contributed by atoms with Crippen LogP contribution in [-0.4, -0.2) is 17.7 Å². The largest absolute Gasteiger partial charge is 0.463 e. The van der Waals surface area contributed by atoms with E-state index in [1.807, 2.05) is 0 Å². The Hall–Kier alpha value is -2.74. The summed E-state index contributed by atoms with van der Waals surface area (Å²) in [5.74, 6) is -12.4. The highest BCUT2D eigenvalue weighted by atomic mass is 19.2. The first-order valence-corrected chi connectivity index (χ1v) is 7.42. The fourth-order valence-corrected chi connectivity index (χ4v) is 2.21. The van der Waals surface area contributed by atoms with Gasteiger partial charge in [-0.15, -0.1) is 0 Å². The monoisotopic (exact) mass is 372 g/mol. The van der Waals surface area contributed by atoms with E-state index >= 15 is 0 Å². The van der Waals surface area contributed by atoms with Gasteiger partial charge in [-0.25, -0.2) is 26.7 Å². The predicted molar refractivity (Wildman–Crippen MR) is 82.2 cm³/mol. The lowest BCUT2D eigenvalue weighted by Crippen LogP contribution is -2.19. The number of carbonyl (C=O) groups is 1. The van der Waals surface area contributed by atoms with Gasteiger partial charge in [-0.3, -0.25) is 0 Å². The molecule has 0 aliphatic carbocycles. The highest BCUT2D eigenvalue weighted by Gasteiger charge is 2.33. The number of hydrogen-bond acceptors (Lipinski definition) is 3. The molecule has 0 saturated heterocycles. The summed E-state index contributed by atoms with van der Waals surface area (Å²) >= 11 is 0. The Morgan fingerprint density at radius 3 is 2.00 bits per heavy atom. The first kappa shape index (κ1) is 19.6.